The third-order valence-corrected chi connectivity index (χ3v) is 4.17. The van der Waals surface area contributed by atoms with Gasteiger partial charge in [-0.25, -0.2) is 4.98 Å². The fraction of sp³-hybridized carbons (Fsp3) is 0.308. The Morgan fingerprint density at radius 2 is 1.94 bits per heavy atom. The Morgan fingerprint density at radius 3 is 2.50 bits per heavy atom. The van der Waals surface area contributed by atoms with E-state index < -0.39 is 0 Å². The van der Waals surface area contributed by atoms with Gasteiger partial charge in [-0.1, -0.05) is 23.2 Å². The van der Waals surface area contributed by atoms with Gasteiger partial charge < -0.3 is 5.32 Å². The Kier molecular flexibility index (Phi) is 3.57. The minimum absolute atomic E-state index is 0.0914. The number of aromatic nitrogens is 1. The Balaban J connectivity index is 1.96. The number of thiazole rings is 1. The number of halogens is 2. The molecule has 0 bridgehead atoms. The first-order valence-electron chi connectivity index (χ1n) is 5.84. The van der Waals surface area contributed by atoms with Crippen LogP contribution in [0.2, 0.25) is 10.0 Å². The number of benzene rings is 1. The van der Waals surface area contributed by atoms with Crippen molar-refractivity contribution in [3.63, 3.8) is 0 Å². The summed E-state index contributed by atoms with van der Waals surface area (Å²) in [5.41, 5.74) is 1.08. The first-order chi connectivity index (χ1) is 8.72. The highest BCUT2D eigenvalue weighted by molar-refractivity contribution is 7.09. The number of hydrogen-bond donors (Lipinski definition) is 1. The average molecular weight is 299 g/mol. The van der Waals surface area contributed by atoms with Crippen LogP contribution in [0.4, 0.5) is 0 Å². The lowest BCUT2D eigenvalue weighted by Crippen LogP contribution is -2.24. The summed E-state index contributed by atoms with van der Waals surface area (Å²) in [6.07, 6.45) is 4.29. The van der Waals surface area contributed by atoms with Crippen LogP contribution in [0.1, 0.15) is 29.5 Å². The molecule has 94 valence electrons. The molecule has 0 saturated heterocycles. The Hall–Kier alpha value is -0.610. The van der Waals surface area contributed by atoms with E-state index in [0.717, 1.165) is 10.6 Å². The standard InChI is InChI=1S/C13H12Cl2N2S/c14-9-5-8(6-10(15)7-9)12(17-11-1-2-11)13-16-3-4-18-13/h3-7,11-12,17H,1-2H2. The van der Waals surface area contributed by atoms with E-state index in [4.69, 9.17) is 23.2 Å². The van der Waals surface area contributed by atoms with Crippen LogP contribution in [0.25, 0.3) is 0 Å². The second-order valence-corrected chi connectivity index (χ2v) is 6.25. The maximum absolute atomic E-state index is 6.08. The van der Waals surface area contributed by atoms with E-state index in [1.165, 1.54) is 12.8 Å². The van der Waals surface area contributed by atoms with Gasteiger partial charge in [-0.2, -0.15) is 0 Å². The Morgan fingerprint density at radius 1 is 1.22 bits per heavy atom. The van der Waals surface area contributed by atoms with Crippen molar-refractivity contribution in [3.8, 4) is 0 Å². The number of nitrogens with one attached hydrogen (secondary N) is 1. The van der Waals surface area contributed by atoms with E-state index in [1.54, 1.807) is 17.4 Å². The molecule has 18 heavy (non-hydrogen) atoms. The SMILES string of the molecule is Clc1cc(Cl)cc(C(NC2CC2)c2nccs2)c1. The molecule has 0 spiro atoms. The molecule has 2 aromatic rings. The van der Waals surface area contributed by atoms with Crippen molar-refractivity contribution in [1.82, 2.24) is 10.3 Å². The van der Waals surface area contributed by atoms with E-state index in [-0.39, 0.29) is 6.04 Å². The highest BCUT2D eigenvalue weighted by Crippen LogP contribution is 2.32. The van der Waals surface area contributed by atoms with E-state index in [2.05, 4.69) is 10.3 Å². The summed E-state index contributed by atoms with van der Waals surface area (Å²) in [5.74, 6) is 0. The summed E-state index contributed by atoms with van der Waals surface area (Å²) in [5, 5.41) is 7.97. The predicted molar refractivity (Wildman–Crippen MR) is 76.6 cm³/mol. The molecule has 0 radical (unpaired) electrons. The molecule has 0 amide bonds. The smallest absolute Gasteiger partial charge is 0.114 e. The third kappa shape index (κ3) is 2.86. The zero-order chi connectivity index (χ0) is 12.5. The van der Waals surface area contributed by atoms with Crippen molar-refractivity contribution in [2.75, 3.05) is 0 Å². The minimum atomic E-state index is 0.0914. The van der Waals surface area contributed by atoms with Crippen LogP contribution < -0.4 is 5.32 Å². The summed E-state index contributed by atoms with van der Waals surface area (Å²) in [6.45, 7) is 0. The maximum Gasteiger partial charge on any atom is 0.114 e. The van der Waals surface area contributed by atoms with Gasteiger partial charge in [-0.15, -0.1) is 11.3 Å². The molecule has 1 unspecified atom stereocenters. The van der Waals surface area contributed by atoms with Crippen molar-refractivity contribution >= 4 is 34.5 Å². The molecule has 2 nitrogen and oxygen atoms in total. The van der Waals surface area contributed by atoms with Gasteiger partial charge >= 0.3 is 0 Å². The molecular formula is C13H12Cl2N2S. The first-order valence-corrected chi connectivity index (χ1v) is 7.47. The zero-order valence-corrected chi connectivity index (χ0v) is 11.9. The Bertz CT molecular complexity index is 518. The van der Waals surface area contributed by atoms with Crippen molar-refractivity contribution < 1.29 is 0 Å². The molecule has 1 heterocycles. The molecule has 0 aliphatic heterocycles. The average Bonchev–Trinajstić information content (AvgIpc) is 2.97. The van der Waals surface area contributed by atoms with Gasteiger partial charge in [-0.3, -0.25) is 0 Å². The molecule has 1 fully saturated rings. The van der Waals surface area contributed by atoms with Crippen LogP contribution in [-0.2, 0) is 0 Å². The van der Waals surface area contributed by atoms with Crippen molar-refractivity contribution in [2.24, 2.45) is 0 Å². The second kappa shape index (κ2) is 5.17. The molecule has 1 aliphatic carbocycles. The van der Waals surface area contributed by atoms with E-state index in [9.17, 15) is 0 Å². The zero-order valence-electron chi connectivity index (χ0n) is 9.57. The quantitative estimate of drug-likeness (QED) is 0.911. The lowest BCUT2D eigenvalue weighted by molar-refractivity contribution is 0.598. The highest BCUT2D eigenvalue weighted by atomic mass is 35.5. The monoisotopic (exact) mass is 298 g/mol. The van der Waals surface area contributed by atoms with Gasteiger partial charge in [-0.05, 0) is 36.6 Å². The van der Waals surface area contributed by atoms with Gasteiger partial charge in [0.15, 0.2) is 0 Å². The third-order valence-electron chi connectivity index (χ3n) is 2.90. The first kappa shape index (κ1) is 12.4. The largest absolute Gasteiger partial charge is 0.301 e. The summed E-state index contributed by atoms with van der Waals surface area (Å²) in [7, 11) is 0. The van der Waals surface area contributed by atoms with Crippen LogP contribution in [-0.4, -0.2) is 11.0 Å². The summed E-state index contributed by atoms with van der Waals surface area (Å²) < 4.78 is 0. The van der Waals surface area contributed by atoms with Crippen LogP contribution in [0.15, 0.2) is 29.8 Å². The van der Waals surface area contributed by atoms with Gasteiger partial charge in [0.05, 0.1) is 6.04 Å². The second-order valence-electron chi connectivity index (χ2n) is 4.45. The van der Waals surface area contributed by atoms with Gasteiger partial charge in [0, 0.05) is 27.7 Å². The maximum atomic E-state index is 6.08. The van der Waals surface area contributed by atoms with E-state index in [1.807, 2.05) is 23.7 Å². The summed E-state index contributed by atoms with van der Waals surface area (Å²) >= 11 is 13.8. The lowest BCUT2D eigenvalue weighted by Gasteiger charge is -2.17. The molecule has 1 aromatic heterocycles. The topological polar surface area (TPSA) is 24.9 Å². The summed E-state index contributed by atoms with van der Waals surface area (Å²) in [4.78, 5) is 4.40. The molecular weight excluding hydrogens is 287 g/mol. The van der Waals surface area contributed by atoms with Crippen LogP contribution in [0.3, 0.4) is 0 Å². The van der Waals surface area contributed by atoms with Crippen molar-refractivity contribution in [3.05, 3.63) is 50.4 Å². The van der Waals surface area contributed by atoms with Gasteiger partial charge in [0.2, 0.25) is 0 Å². The number of nitrogens with zero attached hydrogens (tertiary/aromatic N) is 1. The van der Waals surface area contributed by atoms with Crippen LogP contribution in [0.5, 0.6) is 0 Å². The fourth-order valence-corrected chi connectivity index (χ4v) is 3.18. The number of rotatable bonds is 4. The van der Waals surface area contributed by atoms with Gasteiger partial charge in [0.1, 0.15) is 5.01 Å². The molecule has 1 atom stereocenters. The number of hydrogen-bond acceptors (Lipinski definition) is 3. The molecule has 1 aromatic carbocycles. The molecule has 5 heteroatoms. The van der Waals surface area contributed by atoms with E-state index in [0.29, 0.717) is 16.1 Å². The lowest BCUT2D eigenvalue weighted by atomic mass is 10.1. The Labute approximate surface area is 120 Å². The van der Waals surface area contributed by atoms with Crippen molar-refractivity contribution in [2.45, 2.75) is 24.9 Å². The summed E-state index contributed by atoms with van der Waals surface area (Å²) in [6, 6.07) is 6.34. The predicted octanol–water partition coefficient (Wildman–Crippen LogP) is 4.29. The minimum Gasteiger partial charge on any atom is -0.301 e. The highest BCUT2D eigenvalue weighted by Gasteiger charge is 2.27. The van der Waals surface area contributed by atoms with E-state index >= 15 is 0 Å². The molecule has 1 N–H and O–H groups in total. The molecule has 3 rings (SSSR count). The fourth-order valence-electron chi connectivity index (χ4n) is 1.91. The molecule has 1 saturated carbocycles. The van der Waals surface area contributed by atoms with Crippen LogP contribution in [0, 0.1) is 0 Å². The normalized spacial score (nSPS) is 16.8. The van der Waals surface area contributed by atoms with Crippen LogP contribution >= 0.6 is 34.5 Å². The van der Waals surface area contributed by atoms with Crippen molar-refractivity contribution in [1.29, 1.82) is 0 Å². The molecule has 1 aliphatic rings. The van der Waals surface area contributed by atoms with Gasteiger partial charge in [0.25, 0.3) is 0 Å².